The maximum absolute atomic E-state index is 6.48. The first kappa shape index (κ1) is 22.7. The second-order valence-corrected chi connectivity index (χ2v) is 7.28. The molecule has 0 fully saturated rings. The van der Waals surface area contributed by atoms with Gasteiger partial charge in [-0.3, -0.25) is 4.98 Å². The monoisotopic (exact) mass is 442 g/mol. The Morgan fingerprint density at radius 1 is 0.871 bits per heavy atom. The number of hydrogen-bond donors (Lipinski definition) is 1. The topological polar surface area (TPSA) is 61.8 Å². The lowest BCUT2D eigenvalue weighted by molar-refractivity contribution is 0.284. The van der Waals surface area contributed by atoms with E-state index in [0.29, 0.717) is 29.7 Å². The minimum atomic E-state index is 0.368. The molecule has 0 atom stereocenters. The van der Waals surface area contributed by atoms with Crippen molar-refractivity contribution in [3.63, 3.8) is 0 Å². The molecule has 0 saturated carbocycles. The molecular formula is C24H27ClN2O4. The van der Waals surface area contributed by atoms with Crippen LogP contribution in [0.1, 0.15) is 16.7 Å². The third kappa shape index (κ3) is 6.26. The van der Waals surface area contributed by atoms with E-state index in [0.717, 1.165) is 35.6 Å². The third-order valence-electron chi connectivity index (χ3n) is 4.76. The molecule has 164 valence electrons. The number of benzene rings is 2. The van der Waals surface area contributed by atoms with E-state index in [4.69, 9.17) is 30.5 Å². The van der Waals surface area contributed by atoms with E-state index < -0.39 is 0 Å². The summed E-state index contributed by atoms with van der Waals surface area (Å²) in [5, 5.41) is 3.95. The number of aromatic nitrogens is 1. The lowest BCUT2D eigenvalue weighted by Gasteiger charge is -2.15. The predicted molar refractivity (Wildman–Crippen MR) is 122 cm³/mol. The molecule has 1 aromatic heterocycles. The Kier molecular flexibility index (Phi) is 8.38. The molecule has 1 N–H and O–H groups in total. The Bertz CT molecular complexity index is 983. The van der Waals surface area contributed by atoms with Crippen LogP contribution in [0.25, 0.3) is 0 Å². The summed E-state index contributed by atoms with van der Waals surface area (Å²) in [5.41, 5.74) is 3.14. The van der Waals surface area contributed by atoms with Gasteiger partial charge in [-0.15, -0.1) is 0 Å². The molecule has 0 aliphatic carbocycles. The number of halogens is 1. The van der Waals surface area contributed by atoms with Crippen molar-refractivity contribution in [3.8, 4) is 23.0 Å². The summed E-state index contributed by atoms with van der Waals surface area (Å²) >= 11 is 6.48. The van der Waals surface area contributed by atoms with Gasteiger partial charge in [0, 0.05) is 24.5 Å². The van der Waals surface area contributed by atoms with Crippen molar-refractivity contribution in [3.05, 3.63) is 76.6 Å². The molecule has 0 aliphatic rings. The second-order valence-electron chi connectivity index (χ2n) is 6.88. The minimum absolute atomic E-state index is 0.368. The van der Waals surface area contributed by atoms with Crippen LogP contribution in [-0.2, 0) is 19.6 Å². The molecule has 0 saturated heterocycles. The maximum atomic E-state index is 6.48. The SMILES string of the molecule is COc1ccc(CCNCc2cc(Cl)c(OCc3cccnc3)c(OC)c2)cc1OC. The van der Waals surface area contributed by atoms with Crippen molar-refractivity contribution in [1.82, 2.24) is 10.3 Å². The van der Waals surface area contributed by atoms with Gasteiger partial charge in [0.1, 0.15) is 6.61 Å². The lowest BCUT2D eigenvalue weighted by Crippen LogP contribution is -2.17. The van der Waals surface area contributed by atoms with E-state index in [9.17, 15) is 0 Å². The first-order valence-corrected chi connectivity index (χ1v) is 10.3. The Hall–Kier alpha value is -2.96. The normalized spacial score (nSPS) is 10.6. The predicted octanol–water partition coefficient (Wildman–Crippen LogP) is 4.67. The third-order valence-corrected chi connectivity index (χ3v) is 5.04. The first-order chi connectivity index (χ1) is 15.1. The molecule has 0 amide bonds. The molecule has 3 aromatic rings. The molecule has 1 heterocycles. The van der Waals surface area contributed by atoms with Gasteiger partial charge in [0.25, 0.3) is 0 Å². The van der Waals surface area contributed by atoms with Crippen molar-refractivity contribution in [1.29, 1.82) is 0 Å². The van der Waals surface area contributed by atoms with Gasteiger partial charge in [0.2, 0.25) is 0 Å². The van der Waals surface area contributed by atoms with Gasteiger partial charge in [0.15, 0.2) is 23.0 Å². The van der Waals surface area contributed by atoms with Crippen molar-refractivity contribution in [2.75, 3.05) is 27.9 Å². The smallest absolute Gasteiger partial charge is 0.180 e. The van der Waals surface area contributed by atoms with Crippen LogP contribution in [0.5, 0.6) is 23.0 Å². The van der Waals surface area contributed by atoms with Crippen molar-refractivity contribution < 1.29 is 18.9 Å². The van der Waals surface area contributed by atoms with Gasteiger partial charge < -0.3 is 24.3 Å². The summed E-state index contributed by atoms with van der Waals surface area (Å²) in [6.07, 6.45) is 4.35. The highest BCUT2D eigenvalue weighted by Gasteiger charge is 2.12. The highest BCUT2D eigenvalue weighted by Crippen LogP contribution is 2.37. The van der Waals surface area contributed by atoms with Gasteiger partial charge in [-0.05, 0) is 54.4 Å². The first-order valence-electron chi connectivity index (χ1n) is 9.94. The fraction of sp³-hybridized carbons (Fsp3) is 0.292. The van der Waals surface area contributed by atoms with Crippen LogP contribution in [0.3, 0.4) is 0 Å². The maximum Gasteiger partial charge on any atom is 0.180 e. The quantitative estimate of drug-likeness (QED) is 0.435. The van der Waals surface area contributed by atoms with Gasteiger partial charge >= 0.3 is 0 Å². The second kappa shape index (κ2) is 11.4. The number of hydrogen-bond acceptors (Lipinski definition) is 6. The number of nitrogens with zero attached hydrogens (tertiary/aromatic N) is 1. The molecule has 3 rings (SSSR count). The van der Waals surface area contributed by atoms with Gasteiger partial charge in [-0.25, -0.2) is 0 Å². The van der Waals surface area contributed by atoms with Crippen LogP contribution in [0.4, 0.5) is 0 Å². The summed E-state index contributed by atoms with van der Waals surface area (Å²) in [6.45, 7) is 1.83. The van der Waals surface area contributed by atoms with Crippen molar-refractivity contribution in [2.45, 2.75) is 19.6 Å². The summed E-state index contributed by atoms with van der Waals surface area (Å²) in [5.74, 6) is 2.60. The highest BCUT2D eigenvalue weighted by atomic mass is 35.5. The Labute approximate surface area is 188 Å². The van der Waals surface area contributed by atoms with Crippen molar-refractivity contribution in [2.24, 2.45) is 0 Å². The van der Waals surface area contributed by atoms with E-state index in [1.165, 1.54) is 5.56 Å². The molecule has 2 aromatic carbocycles. The highest BCUT2D eigenvalue weighted by molar-refractivity contribution is 6.32. The summed E-state index contributed by atoms with van der Waals surface area (Å²) in [6, 6.07) is 13.6. The van der Waals surface area contributed by atoms with Gasteiger partial charge in [-0.2, -0.15) is 0 Å². The summed E-state index contributed by atoms with van der Waals surface area (Å²) in [7, 11) is 4.88. The fourth-order valence-electron chi connectivity index (χ4n) is 3.16. The Morgan fingerprint density at radius 3 is 2.35 bits per heavy atom. The van der Waals surface area contributed by atoms with Gasteiger partial charge in [-0.1, -0.05) is 23.7 Å². The van der Waals surface area contributed by atoms with Gasteiger partial charge in [0.05, 0.1) is 26.4 Å². The minimum Gasteiger partial charge on any atom is -0.493 e. The zero-order valence-corrected chi connectivity index (χ0v) is 18.7. The van der Waals surface area contributed by atoms with Crippen LogP contribution in [0.15, 0.2) is 54.9 Å². The van der Waals surface area contributed by atoms with Crippen LogP contribution in [-0.4, -0.2) is 32.9 Å². The molecule has 6 nitrogen and oxygen atoms in total. The zero-order valence-electron chi connectivity index (χ0n) is 18.0. The number of nitrogens with one attached hydrogen (secondary N) is 1. The van der Waals surface area contributed by atoms with Crippen LogP contribution < -0.4 is 24.3 Å². The lowest BCUT2D eigenvalue weighted by atomic mass is 10.1. The Morgan fingerprint density at radius 2 is 1.65 bits per heavy atom. The van der Waals surface area contributed by atoms with E-state index in [1.54, 1.807) is 33.7 Å². The van der Waals surface area contributed by atoms with Crippen molar-refractivity contribution >= 4 is 11.6 Å². The number of ether oxygens (including phenoxy) is 4. The average molecular weight is 443 g/mol. The average Bonchev–Trinajstić information content (AvgIpc) is 2.81. The number of pyridine rings is 1. The summed E-state index contributed by atoms with van der Waals surface area (Å²) in [4.78, 5) is 4.09. The largest absolute Gasteiger partial charge is 0.493 e. The molecule has 7 heteroatoms. The standard InChI is InChI=1S/C24H27ClN2O4/c1-28-21-7-6-17(12-22(21)29-2)8-10-27-15-19-11-20(25)24(23(13-19)30-3)31-16-18-5-4-9-26-14-18/h4-7,9,11-14,27H,8,10,15-16H2,1-3H3. The molecular weight excluding hydrogens is 416 g/mol. The van der Waals surface area contributed by atoms with E-state index in [1.807, 2.05) is 42.5 Å². The summed E-state index contributed by atoms with van der Waals surface area (Å²) < 4.78 is 22.0. The van der Waals surface area contributed by atoms with Crippen LogP contribution in [0, 0.1) is 0 Å². The van der Waals surface area contributed by atoms with E-state index in [-0.39, 0.29) is 0 Å². The fourth-order valence-corrected chi connectivity index (χ4v) is 3.44. The molecule has 0 aliphatic heterocycles. The molecule has 0 radical (unpaired) electrons. The number of rotatable bonds is 11. The Balaban J connectivity index is 1.56. The van der Waals surface area contributed by atoms with Crippen LogP contribution in [0.2, 0.25) is 5.02 Å². The van der Waals surface area contributed by atoms with E-state index >= 15 is 0 Å². The van der Waals surface area contributed by atoms with Crippen LogP contribution >= 0.6 is 11.6 Å². The van der Waals surface area contributed by atoms with E-state index in [2.05, 4.69) is 10.3 Å². The number of methoxy groups -OCH3 is 3. The molecule has 0 spiro atoms. The zero-order chi connectivity index (χ0) is 22.1. The molecule has 31 heavy (non-hydrogen) atoms. The molecule has 0 bridgehead atoms. The molecule has 0 unspecified atom stereocenters.